The molecule has 1 aromatic heterocycles. The maximum atomic E-state index is 12.6. The quantitative estimate of drug-likeness (QED) is 0.541. The van der Waals surface area contributed by atoms with Crippen molar-refractivity contribution in [2.75, 3.05) is 20.3 Å². The van der Waals surface area contributed by atoms with Crippen LogP contribution in [0.25, 0.3) is 5.69 Å². The first-order valence-electron chi connectivity index (χ1n) is 9.20. The average molecular weight is 432 g/mol. The van der Waals surface area contributed by atoms with E-state index in [1.54, 1.807) is 42.6 Å². The summed E-state index contributed by atoms with van der Waals surface area (Å²) >= 11 is 5.87. The molecule has 0 saturated heterocycles. The smallest absolute Gasteiger partial charge is 0.258 e. The molecule has 0 amide bonds. The maximum absolute atomic E-state index is 12.6. The van der Waals surface area contributed by atoms with Gasteiger partial charge in [0.1, 0.15) is 25.1 Å². The van der Waals surface area contributed by atoms with Crippen molar-refractivity contribution in [2.45, 2.75) is 12.7 Å². The summed E-state index contributed by atoms with van der Waals surface area (Å²) < 4.78 is 17.9. The van der Waals surface area contributed by atoms with Gasteiger partial charge in [0.05, 0.1) is 19.4 Å². The van der Waals surface area contributed by atoms with Crippen molar-refractivity contribution in [2.24, 2.45) is 0 Å². The number of aliphatic hydroxyl groups excluding tert-OH is 2. The molecule has 3 aromatic rings. The summed E-state index contributed by atoms with van der Waals surface area (Å²) in [4.78, 5) is 12.6. The number of aliphatic hydroxyl groups is 2. The Kier molecular flexibility index (Phi) is 7.35. The largest absolute Gasteiger partial charge is 0.493 e. The van der Waals surface area contributed by atoms with Gasteiger partial charge in [-0.2, -0.15) is 0 Å². The lowest BCUT2D eigenvalue weighted by Gasteiger charge is -2.15. The van der Waals surface area contributed by atoms with E-state index in [-0.39, 0.29) is 12.2 Å². The number of nitrogens with zero attached hydrogens (tertiary/aromatic N) is 1. The molecule has 2 N–H and O–H groups in total. The standard InChI is InChI=1S/C22H22ClNO6/c1-28-21-10-17(6-7-20(21)30-14-18(26)12-25)24-9-8-19(11-22(24)27)29-13-15-2-4-16(23)5-3-15/h2-11,18,25-26H,12-14H2,1H3. The van der Waals surface area contributed by atoms with Crippen LogP contribution in [0.5, 0.6) is 17.2 Å². The molecule has 1 heterocycles. The third-order valence-electron chi connectivity index (χ3n) is 4.28. The lowest BCUT2D eigenvalue weighted by molar-refractivity contribution is 0.0527. The first kappa shape index (κ1) is 21.7. The van der Waals surface area contributed by atoms with E-state index in [2.05, 4.69) is 0 Å². The van der Waals surface area contributed by atoms with E-state index in [0.29, 0.717) is 34.6 Å². The second kappa shape index (κ2) is 10.2. The minimum absolute atomic E-state index is 0.0776. The Morgan fingerprint density at radius 2 is 1.80 bits per heavy atom. The zero-order valence-electron chi connectivity index (χ0n) is 16.3. The number of aromatic nitrogens is 1. The summed E-state index contributed by atoms with van der Waals surface area (Å²) in [7, 11) is 1.48. The third-order valence-corrected chi connectivity index (χ3v) is 4.53. The molecule has 2 aromatic carbocycles. The minimum atomic E-state index is -0.989. The highest BCUT2D eigenvalue weighted by Gasteiger charge is 2.11. The molecule has 7 nitrogen and oxygen atoms in total. The van der Waals surface area contributed by atoms with Gasteiger partial charge in [-0.25, -0.2) is 0 Å². The van der Waals surface area contributed by atoms with E-state index >= 15 is 0 Å². The molecule has 0 spiro atoms. The second-order valence-electron chi connectivity index (χ2n) is 6.47. The van der Waals surface area contributed by atoms with Gasteiger partial charge in [0.2, 0.25) is 0 Å². The number of hydrogen-bond donors (Lipinski definition) is 2. The normalized spacial score (nSPS) is 11.7. The van der Waals surface area contributed by atoms with Crippen molar-refractivity contribution < 1.29 is 24.4 Å². The first-order valence-corrected chi connectivity index (χ1v) is 9.58. The van der Waals surface area contributed by atoms with E-state index < -0.39 is 12.7 Å². The summed E-state index contributed by atoms with van der Waals surface area (Å²) in [5.74, 6) is 1.24. The lowest BCUT2D eigenvalue weighted by atomic mass is 10.2. The first-order chi connectivity index (χ1) is 14.5. The molecule has 0 saturated carbocycles. The van der Waals surface area contributed by atoms with Crippen molar-refractivity contribution >= 4 is 11.6 Å². The number of benzene rings is 2. The van der Waals surface area contributed by atoms with Crippen LogP contribution in [0.3, 0.4) is 0 Å². The molecule has 0 bridgehead atoms. The van der Waals surface area contributed by atoms with E-state index in [4.69, 9.17) is 30.9 Å². The van der Waals surface area contributed by atoms with E-state index in [1.165, 1.54) is 17.7 Å². The molecular formula is C22H22ClNO6. The van der Waals surface area contributed by atoms with Gasteiger partial charge in [0.25, 0.3) is 5.56 Å². The van der Waals surface area contributed by atoms with E-state index in [9.17, 15) is 9.90 Å². The summed E-state index contributed by atoms with van der Waals surface area (Å²) in [5.41, 5.74) is 1.25. The van der Waals surface area contributed by atoms with E-state index in [0.717, 1.165) is 5.56 Å². The zero-order chi connectivity index (χ0) is 21.5. The lowest BCUT2D eigenvalue weighted by Crippen LogP contribution is -2.21. The maximum Gasteiger partial charge on any atom is 0.258 e. The minimum Gasteiger partial charge on any atom is -0.493 e. The topological polar surface area (TPSA) is 90.2 Å². The van der Waals surface area contributed by atoms with Crippen molar-refractivity contribution in [1.29, 1.82) is 0 Å². The second-order valence-corrected chi connectivity index (χ2v) is 6.90. The molecule has 0 radical (unpaired) electrons. The van der Waals surface area contributed by atoms with Crippen LogP contribution in [0.2, 0.25) is 5.02 Å². The van der Waals surface area contributed by atoms with Crippen molar-refractivity contribution in [3.63, 3.8) is 0 Å². The molecule has 30 heavy (non-hydrogen) atoms. The van der Waals surface area contributed by atoms with Crippen molar-refractivity contribution in [1.82, 2.24) is 4.57 Å². The molecule has 3 rings (SSSR count). The van der Waals surface area contributed by atoms with Crippen LogP contribution in [0, 0.1) is 0 Å². The summed E-state index contributed by atoms with van der Waals surface area (Å²) in [6, 6.07) is 15.4. The molecule has 0 aliphatic rings. The molecule has 158 valence electrons. The fourth-order valence-corrected chi connectivity index (χ4v) is 2.80. The highest BCUT2D eigenvalue weighted by molar-refractivity contribution is 6.30. The van der Waals surface area contributed by atoms with Crippen LogP contribution in [-0.4, -0.2) is 41.2 Å². The Bertz CT molecular complexity index is 1030. The molecule has 1 atom stereocenters. The average Bonchev–Trinajstić information content (AvgIpc) is 2.77. The fraction of sp³-hybridized carbons (Fsp3) is 0.227. The Balaban J connectivity index is 1.73. The molecule has 8 heteroatoms. The Hall–Kier alpha value is -3.00. The number of hydrogen-bond acceptors (Lipinski definition) is 6. The number of methoxy groups -OCH3 is 1. The number of rotatable bonds is 9. The van der Waals surface area contributed by atoms with Gasteiger partial charge in [0, 0.05) is 23.4 Å². The predicted octanol–water partition coefficient (Wildman–Crippen LogP) is 2.81. The van der Waals surface area contributed by atoms with Gasteiger partial charge in [-0.3, -0.25) is 9.36 Å². The molecule has 1 unspecified atom stereocenters. The fourth-order valence-electron chi connectivity index (χ4n) is 2.68. The summed E-state index contributed by atoms with van der Waals surface area (Å²) in [5, 5.41) is 19.0. The zero-order valence-corrected chi connectivity index (χ0v) is 17.1. The van der Waals surface area contributed by atoms with Gasteiger partial charge >= 0.3 is 0 Å². The van der Waals surface area contributed by atoms with Gasteiger partial charge in [-0.05, 0) is 35.9 Å². The molecular weight excluding hydrogens is 410 g/mol. The van der Waals surface area contributed by atoms with Crippen LogP contribution in [0.4, 0.5) is 0 Å². The van der Waals surface area contributed by atoms with Gasteiger partial charge in [-0.1, -0.05) is 23.7 Å². The number of halogens is 1. The third kappa shape index (κ3) is 5.54. The van der Waals surface area contributed by atoms with Crippen LogP contribution >= 0.6 is 11.6 Å². The Morgan fingerprint density at radius 3 is 2.47 bits per heavy atom. The molecule has 0 fully saturated rings. The molecule has 0 aliphatic heterocycles. The van der Waals surface area contributed by atoms with Crippen molar-refractivity contribution in [3.05, 3.63) is 81.7 Å². The van der Waals surface area contributed by atoms with Crippen LogP contribution in [-0.2, 0) is 6.61 Å². The van der Waals surface area contributed by atoms with E-state index in [1.807, 2.05) is 12.1 Å². The van der Waals surface area contributed by atoms with Crippen LogP contribution < -0.4 is 19.8 Å². The Labute approximate surface area is 178 Å². The predicted molar refractivity (Wildman–Crippen MR) is 113 cm³/mol. The number of ether oxygens (including phenoxy) is 3. The van der Waals surface area contributed by atoms with Crippen LogP contribution in [0.1, 0.15) is 5.56 Å². The summed E-state index contributed by atoms with van der Waals surface area (Å²) in [6.07, 6.45) is 0.627. The highest BCUT2D eigenvalue weighted by Crippen LogP contribution is 2.29. The van der Waals surface area contributed by atoms with Gasteiger partial charge in [0.15, 0.2) is 11.5 Å². The highest BCUT2D eigenvalue weighted by atomic mass is 35.5. The number of pyridine rings is 1. The Morgan fingerprint density at radius 1 is 1.03 bits per heavy atom. The van der Waals surface area contributed by atoms with Gasteiger partial charge < -0.3 is 24.4 Å². The summed E-state index contributed by atoms with van der Waals surface area (Å²) in [6.45, 7) is -0.159. The van der Waals surface area contributed by atoms with Crippen molar-refractivity contribution in [3.8, 4) is 22.9 Å². The molecule has 0 aliphatic carbocycles. The van der Waals surface area contributed by atoms with Crippen LogP contribution in [0.15, 0.2) is 65.6 Å². The van der Waals surface area contributed by atoms with Gasteiger partial charge in [-0.15, -0.1) is 0 Å². The monoisotopic (exact) mass is 431 g/mol. The SMILES string of the molecule is COc1cc(-n2ccc(OCc3ccc(Cl)cc3)cc2=O)ccc1OCC(O)CO.